The van der Waals surface area contributed by atoms with Crippen molar-refractivity contribution in [2.45, 2.75) is 13.3 Å². The molecule has 26 heavy (non-hydrogen) atoms. The van der Waals surface area contributed by atoms with E-state index in [1.165, 1.54) is 0 Å². The molecule has 0 bridgehead atoms. The van der Waals surface area contributed by atoms with Crippen LogP contribution in [0.3, 0.4) is 0 Å². The average molecular weight is 416 g/mol. The SMILES string of the molecule is CCC(=O)N1CCN(c2ccc(NC(=O)c3ccccc3Br)cc2)CC1. The largest absolute Gasteiger partial charge is 0.368 e. The fraction of sp³-hybridized carbons (Fsp3) is 0.300. The van der Waals surface area contributed by atoms with E-state index in [0.717, 1.165) is 42.0 Å². The summed E-state index contributed by atoms with van der Waals surface area (Å²) in [4.78, 5) is 28.3. The lowest BCUT2D eigenvalue weighted by Gasteiger charge is -2.36. The van der Waals surface area contributed by atoms with Crippen molar-refractivity contribution in [1.82, 2.24) is 4.90 Å². The summed E-state index contributed by atoms with van der Waals surface area (Å²) in [6.07, 6.45) is 0.561. The van der Waals surface area contributed by atoms with E-state index < -0.39 is 0 Å². The minimum Gasteiger partial charge on any atom is -0.368 e. The summed E-state index contributed by atoms with van der Waals surface area (Å²) in [6, 6.07) is 15.2. The summed E-state index contributed by atoms with van der Waals surface area (Å²) in [5.74, 6) is 0.0756. The van der Waals surface area contributed by atoms with E-state index in [-0.39, 0.29) is 11.8 Å². The van der Waals surface area contributed by atoms with Crippen LogP contribution in [0.4, 0.5) is 11.4 Å². The van der Waals surface area contributed by atoms with Gasteiger partial charge in [0.25, 0.3) is 5.91 Å². The van der Waals surface area contributed by atoms with Gasteiger partial charge in [-0.05, 0) is 52.3 Å². The molecular weight excluding hydrogens is 394 g/mol. The Bertz CT molecular complexity index is 784. The first kappa shape index (κ1) is 18.5. The van der Waals surface area contributed by atoms with Crippen LogP contribution < -0.4 is 10.2 Å². The van der Waals surface area contributed by atoms with Gasteiger partial charge in [-0.15, -0.1) is 0 Å². The maximum atomic E-state index is 12.4. The maximum Gasteiger partial charge on any atom is 0.256 e. The Morgan fingerprint density at radius 2 is 1.65 bits per heavy atom. The van der Waals surface area contributed by atoms with Gasteiger partial charge in [0.15, 0.2) is 0 Å². The molecule has 0 spiro atoms. The summed E-state index contributed by atoms with van der Waals surface area (Å²) in [5, 5.41) is 2.92. The van der Waals surface area contributed by atoms with Gasteiger partial charge in [0.2, 0.25) is 5.91 Å². The van der Waals surface area contributed by atoms with Crippen molar-refractivity contribution >= 4 is 39.1 Å². The van der Waals surface area contributed by atoms with Crippen LogP contribution >= 0.6 is 15.9 Å². The van der Waals surface area contributed by atoms with Crippen molar-refractivity contribution in [2.24, 2.45) is 0 Å². The smallest absolute Gasteiger partial charge is 0.256 e. The molecule has 1 saturated heterocycles. The molecule has 0 saturated carbocycles. The second-order valence-corrected chi connectivity index (χ2v) is 7.06. The van der Waals surface area contributed by atoms with Crippen molar-refractivity contribution in [3.63, 3.8) is 0 Å². The lowest BCUT2D eigenvalue weighted by molar-refractivity contribution is -0.131. The Labute approximate surface area is 162 Å². The molecule has 2 aromatic carbocycles. The van der Waals surface area contributed by atoms with Crippen LogP contribution in [0.1, 0.15) is 23.7 Å². The second-order valence-electron chi connectivity index (χ2n) is 6.20. The van der Waals surface area contributed by atoms with Gasteiger partial charge in [-0.2, -0.15) is 0 Å². The molecule has 1 heterocycles. The molecule has 0 unspecified atom stereocenters. The van der Waals surface area contributed by atoms with Crippen LogP contribution in [0.2, 0.25) is 0 Å². The van der Waals surface area contributed by atoms with Crippen LogP contribution in [0.25, 0.3) is 0 Å². The van der Waals surface area contributed by atoms with E-state index >= 15 is 0 Å². The number of rotatable bonds is 4. The highest BCUT2D eigenvalue weighted by Crippen LogP contribution is 2.22. The third-order valence-corrected chi connectivity index (χ3v) is 5.24. The highest BCUT2D eigenvalue weighted by Gasteiger charge is 2.20. The summed E-state index contributed by atoms with van der Waals surface area (Å²) in [5.41, 5.74) is 2.47. The number of piperazine rings is 1. The topological polar surface area (TPSA) is 52.7 Å². The maximum absolute atomic E-state index is 12.4. The molecule has 2 aromatic rings. The second kappa shape index (κ2) is 8.36. The predicted octanol–water partition coefficient (Wildman–Crippen LogP) is 3.76. The standard InChI is InChI=1S/C20H22BrN3O2/c1-2-19(25)24-13-11-23(12-14-24)16-9-7-15(8-10-16)22-20(26)17-5-3-4-6-18(17)21/h3-10H,2,11-14H2,1H3,(H,22,26). The summed E-state index contributed by atoms with van der Waals surface area (Å²) in [7, 11) is 0. The quantitative estimate of drug-likeness (QED) is 0.826. The molecule has 0 radical (unpaired) electrons. The molecule has 5 nitrogen and oxygen atoms in total. The Morgan fingerprint density at radius 1 is 1.00 bits per heavy atom. The first-order valence-electron chi connectivity index (χ1n) is 8.77. The van der Waals surface area contributed by atoms with Gasteiger partial charge in [-0.3, -0.25) is 9.59 Å². The van der Waals surface area contributed by atoms with Crippen molar-refractivity contribution in [3.8, 4) is 0 Å². The number of nitrogens with zero attached hydrogens (tertiary/aromatic N) is 2. The lowest BCUT2D eigenvalue weighted by atomic mass is 10.2. The Balaban J connectivity index is 1.60. The molecule has 136 valence electrons. The average Bonchev–Trinajstić information content (AvgIpc) is 2.68. The fourth-order valence-electron chi connectivity index (χ4n) is 3.04. The summed E-state index contributed by atoms with van der Waals surface area (Å²) >= 11 is 3.40. The summed E-state index contributed by atoms with van der Waals surface area (Å²) < 4.78 is 0.772. The molecule has 1 aliphatic heterocycles. The Morgan fingerprint density at radius 3 is 2.27 bits per heavy atom. The normalized spacial score (nSPS) is 14.2. The van der Waals surface area contributed by atoms with E-state index in [2.05, 4.69) is 26.1 Å². The molecule has 0 aromatic heterocycles. The summed E-state index contributed by atoms with van der Waals surface area (Å²) in [6.45, 7) is 5.07. The molecule has 1 fully saturated rings. The minimum absolute atomic E-state index is 0.142. The van der Waals surface area contributed by atoms with Gasteiger partial charge >= 0.3 is 0 Å². The molecule has 1 N–H and O–H groups in total. The number of carbonyl (C=O) groups excluding carboxylic acids is 2. The van der Waals surface area contributed by atoms with E-state index in [1.807, 2.05) is 54.3 Å². The highest BCUT2D eigenvalue weighted by atomic mass is 79.9. The van der Waals surface area contributed by atoms with Crippen LogP contribution in [0, 0.1) is 0 Å². The van der Waals surface area contributed by atoms with Gasteiger partial charge in [0, 0.05) is 48.4 Å². The lowest BCUT2D eigenvalue weighted by Crippen LogP contribution is -2.48. The number of hydrogen-bond donors (Lipinski definition) is 1. The molecule has 1 aliphatic rings. The number of benzene rings is 2. The van der Waals surface area contributed by atoms with Crippen molar-refractivity contribution in [2.75, 3.05) is 36.4 Å². The molecule has 0 aliphatic carbocycles. The van der Waals surface area contributed by atoms with Gasteiger partial charge in [-0.1, -0.05) is 19.1 Å². The number of hydrogen-bond acceptors (Lipinski definition) is 3. The Kier molecular flexibility index (Phi) is 5.93. The number of anilines is 2. The van der Waals surface area contributed by atoms with Crippen molar-refractivity contribution in [3.05, 3.63) is 58.6 Å². The van der Waals surface area contributed by atoms with Gasteiger partial charge in [0.05, 0.1) is 5.56 Å². The van der Waals surface area contributed by atoms with E-state index in [4.69, 9.17) is 0 Å². The first-order chi connectivity index (χ1) is 12.6. The zero-order chi connectivity index (χ0) is 18.5. The fourth-order valence-corrected chi connectivity index (χ4v) is 3.50. The molecule has 0 atom stereocenters. The molecular formula is C20H22BrN3O2. The van der Waals surface area contributed by atoms with E-state index in [0.29, 0.717) is 12.0 Å². The van der Waals surface area contributed by atoms with Crippen molar-refractivity contribution in [1.29, 1.82) is 0 Å². The van der Waals surface area contributed by atoms with Crippen LogP contribution in [0.15, 0.2) is 53.0 Å². The monoisotopic (exact) mass is 415 g/mol. The van der Waals surface area contributed by atoms with E-state index in [1.54, 1.807) is 6.07 Å². The zero-order valence-corrected chi connectivity index (χ0v) is 16.3. The minimum atomic E-state index is -0.142. The molecule has 3 rings (SSSR count). The highest BCUT2D eigenvalue weighted by molar-refractivity contribution is 9.10. The van der Waals surface area contributed by atoms with Gasteiger partial charge < -0.3 is 15.1 Å². The van der Waals surface area contributed by atoms with Crippen molar-refractivity contribution < 1.29 is 9.59 Å². The van der Waals surface area contributed by atoms with Gasteiger partial charge in [0.1, 0.15) is 0 Å². The number of carbonyl (C=O) groups is 2. The first-order valence-corrected chi connectivity index (χ1v) is 9.56. The molecule has 2 amide bonds. The number of amides is 2. The van der Waals surface area contributed by atoms with Crippen LogP contribution in [-0.2, 0) is 4.79 Å². The number of nitrogens with one attached hydrogen (secondary N) is 1. The zero-order valence-electron chi connectivity index (χ0n) is 14.7. The third kappa shape index (κ3) is 4.25. The Hall–Kier alpha value is -2.34. The number of halogens is 1. The van der Waals surface area contributed by atoms with Crippen LogP contribution in [-0.4, -0.2) is 42.9 Å². The van der Waals surface area contributed by atoms with Gasteiger partial charge in [-0.25, -0.2) is 0 Å². The van der Waals surface area contributed by atoms with E-state index in [9.17, 15) is 9.59 Å². The van der Waals surface area contributed by atoms with Crippen LogP contribution in [0.5, 0.6) is 0 Å². The predicted molar refractivity (Wildman–Crippen MR) is 108 cm³/mol. The molecule has 6 heteroatoms. The third-order valence-electron chi connectivity index (χ3n) is 4.54.